The van der Waals surface area contributed by atoms with Gasteiger partial charge in [-0.1, -0.05) is 0 Å². The summed E-state index contributed by atoms with van der Waals surface area (Å²) in [5.41, 5.74) is 6.00. The highest BCUT2D eigenvalue weighted by molar-refractivity contribution is 5.90. The van der Waals surface area contributed by atoms with Gasteiger partial charge in [0.1, 0.15) is 5.75 Å². The van der Waals surface area contributed by atoms with Crippen molar-refractivity contribution in [3.8, 4) is 5.75 Å². The Labute approximate surface area is 111 Å². The van der Waals surface area contributed by atoms with Crippen molar-refractivity contribution in [3.63, 3.8) is 0 Å². The van der Waals surface area contributed by atoms with E-state index in [0.29, 0.717) is 24.4 Å². The first-order valence-corrected chi connectivity index (χ1v) is 6.06. The lowest BCUT2D eigenvalue weighted by atomic mass is 10.2. The smallest absolute Gasteiger partial charge is 0.341 e. The average Bonchev–Trinajstić information content (AvgIpc) is 2.38. The number of unbranched alkanes of at least 4 members (excludes halogenated alkanes) is 1. The van der Waals surface area contributed by atoms with Crippen molar-refractivity contribution >= 4 is 17.6 Å². The zero-order valence-electron chi connectivity index (χ0n) is 10.6. The highest BCUT2D eigenvalue weighted by atomic mass is 16.5. The number of rotatable bonds is 8. The van der Waals surface area contributed by atoms with Crippen molar-refractivity contribution in [1.29, 1.82) is 0 Å². The number of anilines is 1. The maximum absolute atomic E-state index is 11.5. The summed E-state index contributed by atoms with van der Waals surface area (Å²) in [5, 5.41) is 11.2. The number of nitrogens with two attached hydrogens (primary N) is 1. The summed E-state index contributed by atoms with van der Waals surface area (Å²) >= 11 is 0. The van der Waals surface area contributed by atoms with E-state index in [0.717, 1.165) is 12.8 Å². The molecule has 1 aromatic rings. The van der Waals surface area contributed by atoms with Gasteiger partial charge in [0, 0.05) is 12.1 Å². The van der Waals surface area contributed by atoms with Crippen molar-refractivity contribution in [2.24, 2.45) is 5.73 Å². The topological polar surface area (TPSA) is 102 Å². The van der Waals surface area contributed by atoms with Gasteiger partial charge < -0.3 is 20.9 Å². The molecule has 1 amide bonds. The second-order valence-corrected chi connectivity index (χ2v) is 4.00. The lowest BCUT2D eigenvalue weighted by Crippen LogP contribution is -2.12. The predicted octanol–water partition coefficient (Wildman–Crippen LogP) is 1.22. The van der Waals surface area contributed by atoms with Crippen molar-refractivity contribution < 1.29 is 19.4 Å². The number of hydrogen-bond acceptors (Lipinski definition) is 4. The molecule has 0 bridgehead atoms. The van der Waals surface area contributed by atoms with Crippen LogP contribution in [0.2, 0.25) is 0 Å². The van der Waals surface area contributed by atoms with E-state index in [2.05, 4.69) is 5.32 Å². The van der Waals surface area contributed by atoms with Crippen LogP contribution in [0.5, 0.6) is 5.75 Å². The summed E-state index contributed by atoms with van der Waals surface area (Å²) in [6.45, 7) is 0.202. The molecule has 0 aliphatic heterocycles. The third-order valence-corrected chi connectivity index (χ3v) is 2.36. The second kappa shape index (κ2) is 8.10. The third kappa shape index (κ3) is 6.42. The number of nitrogens with one attached hydrogen (secondary N) is 1. The fourth-order valence-electron chi connectivity index (χ4n) is 1.43. The Balaban J connectivity index is 2.39. The number of carbonyl (C=O) groups excluding carboxylic acids is 1. The Hall–Kier alpha value is -2.08. The van der Waals surface area contributed by atoms with Gasteiger partial charge in [0.25, 0.3) is 0 Å². The molecule has 0 atom stereocenters. The highest BCUT2D eigenvalue weighted by Gasteiger charge is 2.03. The summed E-state index contributed by atoms with van der Waals surface area (Å²) < 4.78 is 4.98. The van der Waals surface area contributed by atoms with E-state index in [-0.39, 0.29) is 12.5 Å². The minimum absolute atomic E-state index is 0.0624. The van der Waals surface area contributed by atoms with Crippen molar-refractivity contribution in [3.05, 3.63) is 24.3 Å². The zero-order chi connectivity index (χ0) is 14.1. The van der Waals surface area contributed by atoms with E-state index in [9.17, 15) is 9.59 Å². The molecule has 0 aliphatic rings. The van der Waals surface area contributed by atoms with Gasteiger partial charge in [-0.25, -0.2) is 4.79 Å². The minimum Gasteiger partial charge on any atom is -0.482 e. The fourth-order valence-corrected chi connectivity index (χ4v) is 1.43. The van der Waals surface area contributed by atoms with E-state index >= 15 is 0 Å². The number of benzene rings is 1. The minimum atomic E-state index is -1.03. The summed E-state index contributed by atoms with van der Waals surface area (Å²) in [4.78, 5) is 21.8. The second-order valence-electron chi connectivity index (χ2n) is 4.00. The van der Waals surface area contributed by atoms with E-state index in [1.54, 1.807) is 24.3 Å². The van der Waals surface area contributed by atoms with Gasteiger partial charge in [0.15, 0.2) is 6.61 Å². The molecule has 6 heteroatoms. The Morgan fingerprint density at radius 3 is 2.47 bits per heavy atom. The first kappa shape index (κ1) is 15.0. The van der Waals surface area contributed by atoms with Crippen molar-refractivity contribution in [2.75, 3.05) is 18.5 Å². The van der Waals surface area contributed by atoms with Crippen LogP contribution in [0.25, 0.3) is 0 Å². The molecule has 0 unspecified atom stereocenters. The molecule has 19 heavy (non-hydrogen) atoms. The zero-order valence-corrected chi connectivity index (χ0v) is 10.6. The molecule has 0 saturated carbocycles. The number of carboxylic acid groups (broad SMARTS) is 1. The summed E-state index contributed by atoms with van der Waals surface area (Å²) in [5.74, 6) is -0.645. The SMILES string of the molecule is NCCCCC(=O)Nc1ccc(OCC(=O)O)cc1. The molecule has 0 aliphatic carbocycles. The first-order valence-electron chi connectivity index (χ1n) is 6.06. The Morgan fingerprint density at radius 2 is 1.89 bits per heavy atom. The standard InChI is InChI=1S/C13H18N2O4/c14-8-2-1-3-12(16)15-10-4-6-11(7-5-10)19-9-13(17)18/h4-7H,1-3,8-9,14H2,(H,15,16)(H,17,18). The average molecular weight is 266 g/mol. The van der Waals surface area contributed by atoms with Gasteiger partial charge in [-0.05, 0) is 43.7 Å². The normalized spacial score (nSPS) is 9.95. The summed E-state index contributed by atoms with van der Waals surface area (Å²) in [7, 11) is 0. The van der Waals surface area contributed by atoms with Crippen LogP contribution >= 0.6 is 0 Å². The number of ether oxygens (including phenoxy) is 1. The number of carboxylic acids is 1. The van der Waals surface area contributed by atoms with Gasteiger partial charge in [-0.2, -0.15) is 0 Å². The molecule has 0 aromatic heterocycles. The van der Waals surface area contributed by atoms with Gasteiger partial charge in [-0.15, -0.1) is 0 Å². The number of amides is 1. The molecule has 4 N–H and O–H groups in total. The molecule has 0 fully saturated rings. The monoisotopic (exact) mass is 266 g/mol. The largest absolute Gasteiger partial charge is 0.482 e. The quantitative estimate of drug-likeness (QED) is 0.614. The van der Waals surface area contributed by atoms with Crippen LogP contribution in [0, 0.1) is 0 Å². The van der Waals surface area contributed by atoms with Crippen LogP contribution in [0.1, 0.15) is 19.3 Å². The Bertz CT molecular complexity index is 417. The van der Waals surface area contributed by atoms with E-state index in [4.69, 9.17) is 15.6 Å². The van der Waals surface area contributed by atoms with Gasteiger partial charge in [0.05, 0.1) is 0 Å². The van der Waals surface area contributed by atoms with Crippen molar-refractivity contribution in [1.82, 2.24) is 0 Å². The van der Waals surface area contributed by atoms with Gasteiger partial charge in [0.2, 0.25) is 5.91 Å². The fraction of sp³-hybridized carbons (Fsp3) is 0.385. The van der Waals surface area contributed by atoms with Crippen LogP contribution in [0.4, 0.5) is 5.69 Å². The first-order chi connectivity index (χ1) is 9.11. The van der Waals surface area contributed by atoms with Crippen LogP contribution in [0.3, 0.4) is 0 Å². The lowest BCUT2D eigenvalue weighted by molar-refractivity contribution is -0.139. The predicted molar refractivity (Wildman–Crippen MR) is 71.1 cm³/mol. The molecular formula is C13H18N2O4. The third-order valence-electron chi connectivity index (χ3n) is 2.36. The maximum atomic E-state index is 11.5. The molecule has 6 nitrogen and oxygen atoms in total. The summed E-state index contributed by atoms with van der Waals surface area (Å²) in [6, 6.07) is 6.55. The lowest BCUT2D eigenvalue weighted by Gasteiger charge is -2.07. The molecule has 1 rings (SSSR count). The number of carbonyl (C=O) groups is 2. The molecule has 1 aromatic carbocycles. The van der Waals surface area contributed by atoms with Crippen LogP contribution in [-0.2, 0) is 9.59 Å². The molecule has 0 radical (unpaired) electrons. The van der Waals surface area contributed by atoms with Crippen LogP contribution in [-0.4, -0.2) is 30.1 Å². The van der Waals surface area contributed by atoms with Crippen LogP contribution in [0.15, 0.2) is 24.3 Å². The van der Waals surface area contributed by atoms with Gasteiger partial charge >= 0.3 is 5.97 Å². The van der Waals surface area contributed by atoms with E-state index in [1.165, 1.54) is 0 Å². The molecule has 0 heterocycles. The van der Waals surface area contributed by atoms with Gasteiger partial charge in [-0.3, -0.25) is 4.79 Å². The number of hydrogen-bond donors (Lipinski definition) is 3. The Kier molecular flexibility index (Phi) is 6.38. The van der Waals surface area contributed by atoms with Crippen LogP contribution < -0.4 is 15.8 Å². The maximum Gasteiger partial charge on any atom is 0.341 e. The molecule has 104 valence electrons. The number of aliphatic carboxylic acids is 1. The summed E-state index contributed by atoms with van der Waals surface area (Å²) in [6.07, 6.45) is 2.03. The van der Waals surface area contributed by atoms with E-state index < -0.39 is 5.97 Å². The van der Waals surface area contributed by atoms with Crippen molar-refractivity contribution in [2.45, 2.75) is 19.3 Å². The highest BCUT2D eigenvalue weighted by Crippen LogP contribution is 2.16. The Morgan fingerprint density at radius 1 is 1.21 bits per heavy atom. The molecule has 0 spiro atoms. The molecular weight excluding hydrogens is 248 g/mol. The molecule has 0 saturated heterocycles. The van der Waals surface area contributed by atoms with E-state index in [1.807, 2.05) is 0 Å².